The number of phosphoric ester groups is 1. The molecule has 0 amide bonds. The van der Waals surface area contributed by atoms with E-state index in [2.05, 4.69) is 13.1 Å². The molecule has 5 atom stereocenters. The molecule has 0 bridgehead atoms. The van der Waals surface area contributed by atoms with Crippen molar-refractivity contribution in [3.63, 3.8) is 0 Å². The van der Waals surface area contributed by atoms with Crippen LogP contribution in [0, 0.1) is 0 Å². The molecule has 1 fully saturated rings. The van der Waals surface area contributed by atoms with Crippen molar-refractivity contribution in [2.45, 2.75) is 24.9 Å². The van der Waals surface area contributed by atoms with Gasteiger partial charge in [-0.15, -0.1) is 0 Å². The molecule has 0 spiro atoms. The summed E-state index contributed by atoms with van der Waals surface area (Å²) in [6.45, 7) is -0.876. The maximum Gasteiger partial charge on any atom is 0.490 e. The number of nitrogens with one attached hydrogen (secondary N) is 1. The summed E-state index contributed by atoms with van der Waals surface area (Å²) in [5.74, 6) is 0. The predicted molar refractivity (Wildman–Crippen MR) is 109 cm³/mol. The number of aromatic nitrogens is 2. The fraction of sp³-hybridized carbons (Fsp3) is 0.556. The SMILES string of the molecule is O=c1ccn([C@@H]2C[C@@H](O)[C@H](COP(=O)(O)OP(=O)(O)OP(=O)(O)O)O2)c(=O)[nH]1.[Li].[Li].[Li].[Li]. The second kappa shape index (κ2) is 14.8. The van der Waals surface area contributed by atoms with E-state index in [0.29, 0.717) is 0 Å². The Morgan fingerprint density at radius 3 is 2.09 bits per heavy atom. The van der Waals surface area contributed by atoms with Crippen molar-refractivity contribution in [1.82, 2.24) is 9.55 Å². The molecule has 16 nitrogen and oxygen atoms in total. The number of aliphatic hydroxyl groups is 1. The number of ether oxygens (including phenoxy) is 1. The van der Waals surface area contributed by atoms with Crippen molar-refractivity contribution < 1.29 is 56.3 Å². The van der Waals surface area contributed by atoms with Crippen LogP contribution in [0.2, 0.25) is 0 Å². The number of hydrogen-bond acceptors (Lipinski definition) is 10. The van der Waals surface area contributed by atoms with Crippen molar-refractivity contribution in [2.24, 2.45) is 0 Å². The van der Waals surface area contributed by atoms with E-state index in [9.17, 15) is 33.3 Å². The molecule has 1 saturated heterocycles. The molecule has 0 saturated carbocycles. The number of phosphoric acid groups is 3. The molecule has 164 valence electrons. The number of hydrogen-bond donors (Lipinski definition) is 6. The van der Waals surface area contributed by atoms with E-state index in [1.165, 1.54) is 0 Å². The molecule has 1 aromatic rings. The van der Waals surface area contributed by atoms with Crippen LogP contribution in [0.15, 0.2) is 21.9 Å². The van der Waals surface area contributed by atoms with E-state index in [0.717, 1.165) is 16.8 Å². The van der Waals surface area contributed by atoms with E-state index in [4.69, 9.17) is 19.4 Å². The number of H-pyrrole nitrogens is 1. The first-order valence-electron chi connectivity index (χ1n) is 7.11. The quantitative estimate of drug-likeness (QED) is 0.155. The van der Waals surface area contributed by atoms with Crippen molar-refractivity contribution in [2.75, 3.05) is 6.61 Å². The number of rotatable bonds is 8. The summed E-state index contributed by atoms with van der Waals surface area (Å²) in [5, 5.41) is 9.91. The molecule has 1 aliphatic rings. The number of aromatic amines is 1. The third-order valence-electron chi connectivity index (χ3n) is 3.18. The normalized spacial score (nSPS) is 23.8. The van der Waals surface area contributed by atoms with Gasteiger partial charge in [-0.25, -0.2) is 18.5 Å². The van der Waals surface area contributed by atoms with E-state index >= 15 is 0 Å². The van der Waals surface area contributed by atoms with Crippen LogP contribution in [0.3, 0.4) is 0 Å². The summed E-state index contributed by atoms with van der Waals surface area (Å²) in [6.07, 6.45) is -2.74. The second-order valence-corrected chi connectivity index (χ2v) is 9.76. The first kappa shape index (κ1) is 37.9. The molecular weight excluding hydrogens is 481 g/mol. The third-order valence-corrected chi connectivity index (χ3v) is 6.99. The van der Waals surface area contributed by atoms with Gasteiger partial charge in [0.05, 0.1) is 12.7 Å². The van der Waals surface area contributed by atoms with Gasteiger partial charge in [-0.05, 0) is 0 Å². The smallest absolute Gasteiger partial charge is 0.390 e. The van der Waals surface area contributed by atoms with Crippen LogP contribution in [0.4, 0.5) is 0 Å². The summed E-state index contributed by atoms with van der Waals surface area (Å²) in [5.41, 5.74) is -1.50. The van der Waals surface area contributed by atoms with Crippen LogP contribution >= 0.6 is 23.5 Å². The Balaban J connectivity index is -0.00000210. The monoisotopic (exact) mass is 496 g/mol. The minimum absolute atomic E-state index is 0. The average molecular weight is 496 g/mol. The molecule has 4 radical (unpaired) electrons. The van der Waals surface area contributed by atoms with E-state index in [1.807, 2.05) is 4.98 Å². The van der Waals surface area contributed by atoms with Crippen LogP contribution in [-0.2, 0) is 31.6 Å². The van der Waals surface area contributed by atoms with Crippen LogP contribution < -0.4 is 11.2 Å². The van der Waals surface area contributed by atoms with Gasteiger partial charge in [0, 0.05) is 94.1 Å². The third kappa shape index (κ3) is 12.4. The average Bonchev–Trinajstić information content (AvgIpc) is 2.82. The van der Waals surface area contributed by atoms with Crippen molar-refractivity contribution in [3.8, 4) is 0 Å². The molecule has 6 N–H and O–H groups in total. The summed E-state index contributed by atoms with van der Waals surface area (Å²) >= 11 is 0. The van der Waals surface area contributed by atoms with Gasteiger partial charge in [-0.2, -0.15) is 8.62 Å². The van der Waals surface area contributed by atoms with Gasteiger partial charge in [0.25, 0.3) is 5.56 Å². The van der Waals surface area contributed by atoms with Crippen molar-refractivity contribution in [1.29, 1.82) is 0 Å². The van der Waals surface area contributed by atoms with Crippen LogP contribution in [-0.4, -0.2) is 128 Å². The van der Waals surface area contributed by atoms with E-state index in [1.54, 1.807) is 0 Å². The molecule has 0 aliphatic carbocycles. The largest absolute Gasteiger partial charge is 0.490 e. The van der Waals surface area contributed by atoms with Gasteiger partial charge in [0.15, 0.2) is 0 Å². The van der Waals surface area contributed by atoms with Gasteiger partial charge in [-0.3, -0.25) is 18.9 Å². The second-order valence-electron chi connectivity index (χ2n) is 5.34. The van der Waals surface area contributed by atoms with Crippen LogP contribution in [0.1, 0.15) is 12.6 Å². The van der Waals surface area contributed by atoms with Gasteiger partial charge in [0.2, 0.25) is 0 Å². The minimum Gasteiger partial charge on any atom is -0.390 e. The van der Waals surface area contributed by atoms with Crippen molar-refractivity contribution in [3.05, 3.63) is 33.1 Å². The van der Waals surface area contributed by atoms with Gasteiger partial charge >= 0.3 is 29.2 Å². The molecule has 23 heteroatoms. The van der Waals surface area contributed by atoms with Gasteiger partial charge in [0.1, 0.15) is 12.3 Å². The minimum atomic E-state index is -5.67. The number of aliphatic hydroxyl groups excluding tert-OH is 1. The Morgan fingerprint density at radius 2 is 1.59 bits per heavy atom. The maximum atomic E-state index is 11.7. The molecule has 0 aromatic carbocycles. The predicted octanol–water partition coefficient (Wildman–Crippen LogP) is -2.99. The molecule has 2 unspecified atom stereocenters. The molecular formula is C9H15Li4N2O14P3. The molecule has 1 aromatic heterocycles. The van der Waals surface area contributed by atoms with Crippen molar-refractivity contribution >= 4 is 98.9 Å². The fourth-order valence-electron chi connectivity index (χ4n) is 2.16. The molecule has 2 heterocycles. The molecule has 2 rings (SSSR count). The molecule has 1 aliphatic heterocycles. The summed E-state index contributed by atoms with van der Waals surface area (Å²) in [7, 11) is -16.6. The Bertz CT molecular complexity index is 983. The first-order valence-corrected chi connectivity index (χ1v) is 11.6. The Labute approximate surface area is 227 Å². The summed E-state index contributed by atoms with van der Waals surface area (Å²) in [4.78, 5) is 60.0. The fourth-order valence-corrected chi connectivity index (χ4v) is 5.19. The number of nitrogens with zero attached hydrogens (tertiary/aromatic N) is 1. The zero-order valence-electron chi connectivity index (χ0n) is 17.5. The zero-order chi connectivity index (χ0) is 21.3. The maximum absolute atomic E-state index is 11.7. The zero-order valence-corrected chi connectivity index (χ0v) is 20.2. The Morgan fingerprint density at radius 1 is 1.03 bits per heavy atom. The first-order chi connectivity index (χ1) is 12.7. The van der Waals surface area contributed by atoms with Gasteiger partial charge < -0.3 is 29.4 Å². The van der Waals surface area contributed by atoms with E-state index < -0.39 is 59.8 Å². The summed E-state index contributed by atoms with van der Waals surface area (Å²) < 4.78 is 51.0. The summed E-state index contributed by atoms with van der Waals surface area (Å²) in [6, 6.07) is 1.02. The van der Waals surface area contributed by atoms with E-state index in [-0.39, 0.29) is 81.9 Å². The van der Waals surface area contributed by atoms with Crippen LogP contribution in [0.25, 0.3) is 0 Å². The topological polar surface area (TPSA) is 244 Å². The Hall–Kier alpha value is 1.40. The molecule has 32 heavy (non-hydrogen) atoms. The Kier molecular flexibility index (Phi) is 17.6. The standard InChI is InChI=1S/C9H15N2O14P3.4Li/c12-5-3-8(11-2-1-7(13)10-9(11)14)23-6(5)4-22-27(18,19)25-28(20,21)24-26(15,16)17;;;;/h1-2,5-6,8,12H,3-4H2,(H,18,19)(H,20,21)(H,10,13,14)(H2,15,16,17);;;;/t5-,6+,8+;;;;/m1..../s1. The van der Waals surface area contributed by atoms with Gasteiger partial charge in [-0.1, -0.05) is 0 Å². The van der Waals surface area contributed by atoms with Crippen LogP contribution in [0.5, 0.6) is 0 Å².